The highest BCUT2D eigenvalue weighted by Crippen LogP contribution is 2.40. The summed E-state index contributed by atoms with van der Waals surface area (Å²) in [4.78, 5) is 0. The Morgan fingerprint density at radius 3 is 2.04 bits per heavy atom. The van der Waals surface area contributed by atoms with Crippen molar-refractivity contribution in [3.63, 3.8) is 0 Å². The lowest BCUT2D eigenvalue weighted by atomic mass is 9.98. The quantitative estimate of drug-likeness (QED) is 0.459. The second kappa shape index (κ2) is 9.23. The zero-order valence-electron chi connectivity index (χ0n) is 17.2. The molecule has 0 atom stereocenters. The van der Waals surface area contributed by atoms with Crippen molar-refractivity contribution >= 4 is 0 Å². The van der Waals surface area contributed by atoms with Crippen molar-refractivity contribution in [2.45, 2.75) is 34.1 Å². The van der Waals surface area contributed by atoms with Gasteiger partial charge in [0.15, 0.2) is 0 Å². The highest BCUT2D eigenvalue weighted by Gasteiger charge is 2.20. The third kappa shape index (κ3) is 4.26. The molecule has 1 nitrogen and oxygen atoms in total. The number of benzene rings is 3. The molecule has 0 saturated carbocycles. The Bertz CT molecular complexity index is 974. The highest BCUT2D eigenvalue weighted by atomic mass is 16.5. The molecule has 0 amide bonds. The van der Waals surface area contributed by atoms with Crippen LogP contribution in [0.4, 0.5) is 0 Å². The van der Waals surface area contributed by atoms with Gasteiger partial charge in [-0.2, -0.15) is 0 Å². The summed E-state index contributed by atoms with van der Waals surface area (Å²) in [5.41, 5.74) is 7.35. The largest absolute Gasteiger partial charge is 0.460 e. The Hall–Kier alpha value is -3.06. The first-order valence-electron chi connectivity index (χ1n) is 10.0. The van der Waals surface area contributed by atoms with Crippen LogP contribution in [0, 0.1) is 6.92 Å². The molecule has 4 rings (SSSR count). The van der Waals surface area contributed by atoms with E-state index in [0.717, 1.165) is 23.5 Å². The second-order valence-electron chi connectivity index (χ2n) is 6.67. The van der Waals surface area contributed by atoms with Crippen LogP contribution in [0.3, 0.4) is 0 Å². The molecular weight excluding hydrogens is 340 g/mol. The normalized spacial score (nSPS) is 13.8. The van der Waals surface area contributed by atoms with Gasteiger partial charge in [-0.1, -0.05) is 98.3 Å². The van der Waals surface area contributed by atoms with E-state index in [0.29, 0.717) is 0 Å². The summed E-state index contributed by atoms with van der Waals surface area (Å²) in [7, 11) is 0. The van der Waals surface area contributed by atoms with Gasteiger partial charge in [-0.25, -0.2) is 0 Å². The van der Waals surface area contributed by atoms with Crippen molar-refractivity contribution in [1.29, 1.82) is 0 Å². The van der Waals surface area contributed by atoms with Gasteiger partial charge in [0.05, 0.1) is 0 Å². The molecule has 0 bridgehead atoms. The summed E-state index contributed by atoms with van der Waals surface area (Å²) in [5, 5.41) is 0. The zero-order valence-corrected chi connectivity index (χ0v) is 17.2. The molecule has 0 spiro atoms. The maximum Gasteiger partial charge on any atom is 0.138 e. The Kier molecular flexibility index (Phi) is 6.49. The number of ether oxygens (including phenoxy) is 1. The van der Waals surface area contributed by atoms with Crippen molar-refractivity contribution in [3.05, 3.63) is 102 Å². The van der Waals surface area contributed by atoms with Crippen molar-refractivity contribution in [2.24, 2.45) is 0 Å². The minimum atomic E-state index is 0.856. The Labute approximate surface area is 169 Å². The third-order valence-corrected chi connectivity index (χ3v) is 4.75. The molecule has 0 saturated heterocycles. The standard InChI is InChI=1S/C25H22O.C2H6/c1-3-4-7-23-17-22-6-5-8-24(25(22)26-23)21-15-13-20(14-16-21)19-11-9-18(2)10-12-19;1-2/h3-16H,17H2,1-2H3;1-2H3/b4-3-,23-7+;. The minimum Gasteiger partial charge on any atom is -0.460 e. The van der Waals surface area contributed by atoms with Gasteiger partial charge in [-0.15, -0.1) is 0 Å². The molecule has 1 heteroatoms. The van der Waals surface area contributed by atoms with Crippen LogP contribution in [0.5, 0.6) is 5.75 Å². The van der Waals surface area contributed by atoms with Gasteiger partial charge in [0.1, 0.15) is 11.5 Å². The van der Waals surface area contributed by atoms with E-state index in [1.165, 1.54) is 27.8 Å². The van der Waals surface area contributed by atoms with E-state index in [4.69, 9.17) is 4.74 Å². The number of aryl methyl sites for hydroxylation is 1. The first kappa shape index (κ1) is 19.7. The van der Waals surface area contributed by atoms with Gasteiger partial charge in [-0.05, 0) is 36.6 Å². The number of fused-ring (bicyclic) bond motifs is 1. The van der Waals surface area contributed by atoms with Gasteiger partial charge < -0.3 is 4.74 Å². The highest BCUT2D eigenvalue weighted by molar-refractivity contribution is 5.76. The molecule has 0 unspecified atom stereocenters. The summed E-state index contributed by atoms with van der Waals surface area (Å²) in [6, 6.07) is 23.8. The molecule has 28 heavy (non-hydrogen) atoms. The molecule has 1 aliphatic heterocycles. The number of rotatable bonds is 3. The van der Waals surface area contributed by atoms with Crippen LogP contribution in [0.25, 0.3) is 22.3 Å². The molecule has 0 N–H and O–H groups in total. The topological polar surface area (TPSA) is 9.23 Å². The van der Waals surface area contributed by atoms with E-state index in [9.17, 15) is 0 Å². The summed E-state index contributed by atoms with van der Waals surface area (Å²) >= 11 is 0. The van der Waals surface area contributed by atoms with E-state index < -0.39 is 0 Å². The Morgan fingerprint density at radius 2 is 1.39 bits per heavy atom. The number of allylic oxidation sites excluding steroid dienone is 4. The van der Waals surface area contributed by atoms with E-state index in [-0.39, 0.29) is 0 Å². The maximum atomic E-state index is 6.13. The second-order valence-corrected chi connectivity index (χ2v) is 6.67. The molecule has 0 fully saturated rings. The summed E-state index contributed by atoms with van der Waals surface area (Å²) < 4.78 is 6.13. The number of hydrogen-bond acceptors (Lipinski definition) is 1. The molecule has 3 aromatic carbocycles. The predicted octanol–water partition coefficient (Wildman–Crippen LogP) is 7.75. The van der Waals surface area contributed by atoms with Gasteiger partial charge in [-0.3, -0.25) is 0 Å². The first-order valence-corrected chi connectivity index (χ1v) is 10.0. The summed E-state index contributed by atoms with van der Waals surface area (Å²) in [5.74, 6) is 1.99. The van der Waals surface area contributed by atoms with E-state index in [1.54, 1.807) is 0 Å². The Morgan fingerprint density at radius 1 is 0.786 bits per heavy atom. The first-order chi connectivity index (χ1) is 13.7. The van der Waals surface area contributed by atoms with E-state index >= 15 is 0 Å². The molecule has 0 aliphatic carbocycles. The minimum absolute atomic E-state index is 0.856. The van der Waals surface area contributed by atoms with Gasteiger partial charge in [0.2, 0.25) is 0 Å². The van der Waals surface area contributed by atoms with Gasteiger partial charge in [0.25, 0.3) is 0 Å². The fourth-order valence-electron chi connectivity index (χ4n) is 3.31. The van der Waals surface area contributed by atoms with Crippen molar-refractivity contribution in [1.82, 2.24) is 0 Å². The molecular formula is C27H28O. The summed E-state index contributed by atoms with van der Waals surface area (Å²) in [6.45, 7) is 8.13. The van der Waals surface area contributed by atoms with Crippen LogP contribution in [-0.4, -0.2) is 0 Å². The summed E-state index contributed by atoms with van der Waals surface area (Å²) in [6.07, 6.45) is 6.94. The van der Waals surface area contributed by atoms with Crippen LogP contribution < -0.4 is 4.74 Å². The van der Waals surface area contributed by atoms with E-state index in [2.05, 4.69) is 73.7 Å². The smallest absolute Gasteiger partial charge is 0.138 e. The van der Waals surface area contributed by atoms with Gasteiger partial charge >= 0.3 is 0 Å². The molecule has 142 valence electrons. The van der Waals surface area contributed by atoms with Crippen LogP contribution in [0.1, 0.15) is 31.9 Å². The van der Waals surface area contributed by atoms with Crippen LogP contribution in [-0.2, 0) is 6.42 Å². The average molecular weight is 369 g/mol. The number of hydrogen-bond donors (Lipinski definition) is 0. The third-order valence-electron chi connectivity index (χ3n) is 4.75. The SMILES string of the molecule is C/C=C\C=C1/Cc2cccc(-c3ccc(-c4ccc(C)cc4)cc3)c2O1.CC. The van der Waals surface area contributed by atoms with Crippen LogP contribution in [0.2, 0.25) is 0 Å². The lowest BCUT2D eigenvalue weighted by molar-refractivity contribution is 0.448. The van der Waals surface area contributed by atoms with Gasteiger partial charge in [0, 0.05) is 17.5 Å². The van der Waals surface area contributed by atoms with Crippen molar-refractivity contribution in [3.8, 4) is 28.0 Å². The molecule has 3 aromatic rings. The lowest BCUT2D eigenvalue weighted by Gasteiger charge is -2.09. The van der Waals surface area contributed by atoms with Crippen LogP contribution >= 0.6 is 0 Å². The lowest BCUT2D eigenvalue weighted by Crippen LogP contribution is -1.88. The predicted molar refractivity (Wildman–Crippen MR) is 121 cm³/mol. The monoisotopic (exact) mass is 368 g/mol. The fourth-order valence-corrected chi connectivity index (χ4v) is 3.31. The molecule has 1 heterocycles. The maximum absolute atomic E-state index is 6.13. The molecule has 1 aliphatic rings. The Balaban J connectivity index is 0.00000109. The average Bonchev–Trinajstić information content (AvgIpc) is 3.17. The fraction of sp³-hybridized carbons (Fsp3) is 0.185. The number of para-hydroxylation sites is 1. The molecule has 0 aromatic heterocycles. The van der Waals surface area contributed by atoms with Crippen molar-refractivity contribution < 1.29 is 4.74 Å². The van der Waals surface area contributed by atoms with Crippen LogP contribution in [0.15, 0.2) is 90.7 Å². The molecule has 0 radical (unpaired) electrons. The van der Waals surface area contributed by atoms with E-state index in [1.807, 2.05) is 39.0 Å². The van der Waals surface area contributed by atoms with Crippen molar-refractivity contribution in [2.75, 3.05) is 0 Å². The zero-order chi connectivity index (χ0) is 19.9.